The second kappa shape index (κ2) is 7.40. The van der Waals surface area contributed by atoms with Gasteiger partial charge in [0.15, 0.2) is 5.16 Å². The van der Waals surface area contributed by atoms with Gasteiger partial charge in [-0.05, 0) is 43.7 Å². The van der Waals surface area contributed by atoms with E-state index >= 15 is 0 Å². The van der Waals surface area contributed by atoms with Crippen molar-refractivity contribution in [2.75, 3.05) is 5.32 Å². The van der Waals surface area contributed by atoms with Crippen LogP contribution in [0.3, 0.4) is 0 Å². The summed E-state index contributed by atoms with van der Waals surface area (Å²) in [6.45, 7) is 3.74. The molecule has 1 atom stereocenters. The van der Waals surface area contributed by atoms with Gasteiger partial charge in [0, 0.05) is 5.69 Å². The number of amides is 3. The van der Waals surface area contributed by atoms with Crippen molar-refractivity contribution >= 4 is 40.4 Å². The van der Waals surface area contributed by atoms with Gasteiger partial charge >= 0.3 is 6.03 Å². The second-order valence-corrected chi connectivity index (χ2v) is 6.96. The molecule has 2 aromatic carbocycles. The molecule has 0 aliphatic carbocycles. The van der Waals surface area contributed by atoms with Crippen LogP contribution in [0.15, 0.2) is 53.7 Å². The number of thioether (sulfide) groups is 1. The molecule has 0 saturated carbocycles. The summed E-state index contributed by atoms with van der Waals surface area (Å²) in [5, 5.41) is 5.13. The first-order valence-corrected chi connectivity index (χ1v) is 8.69. The summed E-state index contributed by atoms with van der Waals surface area (Å²) < 4.78 is 0. The smallest absolute Gasteiger partial charge is 0.325 e. The third kappa shape index (κ3) is 4.39. The van der Waals surface area contributed by atoms with Crippen molar-refractivity contribution in [3.8, 4) is 0 Å². The lowest BCUT2D eigenvalue weighted by Crippen LogP contribution is -2.38. The summed E-state index contributed by atoms with van der Waals surface area (Å²) in [6, 6.07) is 14.3. The van der Waals surface area contributed by atoms with Crippen LogP contribution < -0.4 is 10.6 Å². The first kappa shape index (κ1) is 17.0. The lowest BCUT2D eigenvalue weighted by atomic mass is 10.2. The van der Waals surface area contributed by atoms with Crippen molar-refractivity contribution in [3.05, 3.63) is 54.1 Å². The minimum atomic E-state index is -0.552. The number of aromatic amines is 1. The highest BCUT2D eigenvalue weighted by atomic mass is 32.2. The number of para-hydroxylation sites is 1. The van der Waals surface area contributed by atoms with Gasteiger partial charge in [-0.15, -0.1) is 0 Å². The van der Waals surface area contributed by atoms with Crippen molar-refractivity contribution in [2.45, 2.75) is 24.3 Å². The van der Waals surface area contributed by atoms with Gasteiger partial charge in [0.25, 0.3) is 0 Å². The van der Waals surface area contributed by atoms with E-state index in [9.17, 15) is 9.59 Å². The summed E-state index contributed by atoms with van der Waals surface area (Å²) >= 11 is 1.27. The number of carbonyl (C=O) groups is 2. The Kier molecular flexibility index (Phi) is 5.04. The standard InChI is InChI=1S/C18H18N4O2S/c1-11-8-9-14-15(10-11)21-18(20-14)25-12(2)16(23)22-17(24)19-13-6-4-3-5-7-13/h3-10,12H,1-2H3,(H,20,21)(H2,19,22,23,24). The molecule has 3 amide bonds. The van der Waals surface area contributed by atoms with E-state index in [4.69, 9.17) is 0 Å². The van der Waals surface area contributed by atoms with Gasteiger partial charge in [0.1, 0.15) is 0 Å². The van der Waals surface area contributed by atoms with Gasteiger partial charge in [-0.1, -0.05) is 36.0 Å². The summed E-state index contributed by atoms with van der Waals surface area (Å²) in [5.41, 5.74) is 3.54. The molecule has 1 heterocycles. The number of imide groups is 1. The fourth-order valence-electron chi connectivity index (χ4n) is 2.27. The number of nitrogens with one attached hydrogen (secondary N) is 3. The number of imidazole rings is 1. The van der Waals surface area contributed by atoms with E-state index in [1.54, 1.807) is 31.2 Å². The predicted octanol–water partition coefficient (Wildman–Crippen LogP) is 3.70. The summed E-state index contributed by atoms with van der Waals surface area (Å²) in [7, 11) is 0. The van der Waals surface area contributed by atoms with Crippen LogP contribution in [-0.2, 0) is 4.79 Å². The number of H-pyrrole nitrogens is 1. The Morgan fingerprint density at radius 2 is 1.92 bits per heavy atom. The van der Waals surface area contributed by atoms with Gasteiger partial charge in [-0.25, -0.2) is 9.78 Å². The van der Waals surface area contributed by atoms with Crippen LogP contribution in [-0.4, -0.2) is 27.2 Å². The number of aryl methyl sites for hydroxylation is 1. The van der Waals surface area contributed by atoms with Gasteiger partial charge in [-0.2, -0.15) is 0 Å². The first-order valence-electron chi connectivity index (χ1n) is 7.81. The Bertz CT molecular complexity index is 908. The Hall–Kier alpha value is -2.80. The zero-order valence-electron chi connectivity index (χ0n) is 13.9. The fourth-order valence-corrected chi connectivity index (χ4v) is 3.09. The Morgan fingerprint density at radius 3 is 2.68 bits per heavy atom. The molecule has 0 aliphatic heterocycles. The molecule has 25 heavy (non-hydrogen) atoms. The topological polar surface area (TPSA) is 86.9 Å². The van der Waals surface area contributed by atoms with E-state index < -0.39 is 11.3 Å². The highest BCUT2D eigenvalue weighted by Crippen LogP contribution is 2.24. The first-order chi connectivity index (χ1) is 12.0. The fraction of sp³-hybridized carbons (Fsp3) is 0.167. The highest BCUT2D eigenvalue weighted by Gasteiger charge is 2.19. The molecule has 1 unspecified atom stereocenters. The molecule has 6 nitrogen and oxygen atoms in total. The second-order valence-electron chi connectivity index (χ2n) is 5.63. The van der Waals surface area contributed by atoms with Crippen molar-refractivity contribution in [3.63, 3.8) is 0 Å². The molecule has 3 rings (SSSR count). The number of hydrogen-bond donors (Lipinski definition) is 3. The average Bonchev–Trinajstić information content (AvgIpc) is 2.96. The Morgan fingerprint density at radius 1 is 1.16 bits per heavy atom. The lowest BCUT2D eigenvalue weighted by Gasteiger charge is -2.10. The van der Waals surface area contributed by atoms with Crippen molar-refractivity contribution < 1.29 is 9.59 Å². The minimum Gasteiger partial charge on any atom is -0.333 e. The molecule has 3 aromatic rings. The molecular formula is C18H18N4O2S. The quantitative estimate of drug-likeness (QED) is 0.624. The van der Waals surface area contributed by atoms with Crippen LogP contribution in [0.1, 0.15) is 12.5 Å². The minimum absolute atomic E-state index is 0.380. The van der Waals surface area contributed by atoms with Gasteiger partial charge in [0.2, 0.25) is 5.91 Å². The van der Waals surface area contributed by atoms with E-state index in [1.807, 2.05) is 31.2 Å². The number of fused-ring (bicyclic) bond motifs is 1. The third-order valence-corrected chi connectivity index (χ3v) is 4.53. The molecular weight excluding hydrogens is 336 g/mol. The number of benzene rings is 2. The molecule has 3 N–H and O–H groups in total. The third-order valence-electron chi connectivity index (χ3n) is 3.54. The maximum atomic E-state index is 12.2. The molecule has 0 fully saturated rings. The van der Waals surface area contributed by atoms with Crippen LogP contribution >= 0.6 is 11.8 Å². The molecule has 128 valence electrons. The number of rotatable bonds is 4. The van der Waals surface area contributed by atoms with Gasteiger partial charge in [0.05, 0.1) is 16.3 Å². The van der Waals surface area contributed by atoms with E-state index in [-0.39, 0.29) is 5.91 Å². The van der Waals surface area contributed by atoms with E-state index in [0.29, 0.717) is 10.8 Å². The van der Waals surface area contributed by atoms with Crippen LogP contribution in [0.4, 0.5) is 10.5 Å². The lowest BCUT2D eigenvalue weighted by molar-refractivity contribution is -0.119. The zero-order chi connectivity index (χ0) is 17.8. The Balaban J connectivity index is 1.58. The van der Waals surface area contributed by atoms with Crippen molar-refractivity contribution in [2.24, 2.45) is 0 Å². The molecule has 0 spiro atoms. The summed E-state index contributed by atoms with van der Waals surface area (Å²) in [6.07, 6.45) is 0. The number of aromatic nitrogens is 2. The van der Waals surface area contributed by atoms with Crippen LogP contribution in [0.2, 0.25) is 0 Å². The number of urea groups is 1. The number of anilines is 1. The summed E-state index contributed by atoms with van der Waals surface area (Å²) in [5.74, 6) is -0.380. The van der Waals surface area contributed by atoms with E-state index in [1.165, 1.54) is 11.8 Å². The maximum Gasteiger partial charge on any atom is 0.325 e. The van der Waals surface area contributed by atoms with Crippen LogP contribution in [0, 0.1) is 6.92 Å². The van der Waals surface area contributed by atoms with Crippen LogP contribution in [0.25, 0.3) is 11.0 Å². The highest BCUT2D eigenvalue weighted by molar-refractivity contribution is 8.00. The molecule has 7 heteroatoms. The average molecular weight is 354 g/mol. The van der Waals surface area contributed by atoms with Crippen LogP contribution in [0.5, 0.6) is 0 Å². The van der Waals surface area contributed by atoms with Gasteiger partial charge < -0.3 is 10.3 Å². The maximum absolute atomic E-state index is 12.2. The number of carbonyl (C=O) groups excluding carboxylic acids is 2. The van der Waals surface area contributed by atoms with Crippen molar-refractivity contribution in [1.82, 2.24) is 15.3 Å². The number of nitrogens with zero attached hydrogens (tertiary/aromatic N) is 1. The van der Waals surface area contributed by atoms with Gasteiger partial charge in [-0.3, -0.25) is 10.1 Å². The Labute approximate surface area is 149 Å². The zero-order valence-corrected chi connectivity index (χ0v) is 14.7. The monoisotopic (exact) mass is 354 g/mol. The molecule has 0 bridgehead atoms. The molecule has 1 aromatic heterocycles. The normalized spacial score (nSPS) is 11.9. The van der Waals surface area contributed by atoms with E-state index in [0.717, 1.165) is 16.6 Å². The summed E-state index contributed by atoms with van der Waals surface area (Å²) in [4.78, 5) is 31.7. The molecule has 0 radical (unpaired) electrons. The number of hydrogen-bond acceptors (Lipinski definition) is 4. The molecule has 0 aliphatic rings. The van der Waals surface area contributed by atoms with Crippen molar-refractivity contribution in [1.29, 1.82) is 0 Å². The largest absolute Gasteiger partial charge is 0.333 e. The van der Waals surface area contributed by atoms with E-state index in [2.05, 4.69) is 20.6 Å². The molecule has 0 saturated heterocycles. The SMILES string of the molecule is Cc1ccc2nc(SC(C)C(=O)NC(=O)Nc3ccccc3)[nH]c2c1. The predicted molar refractivity (Wildman–Crippen MR) is 99.8 cm³/mol.